The van der Waals surface area contributed by atoms with E-state index in [-0.39, 0.29) is 68.4 Å². The number of nitrogen functional groups attached to an aromatic ring is 1. The van der Waals surface area contributed by atoms with Crippen molar-refractivity contribution in [1.29, 1.82) is 0 Å². The van der Waals surface area contributed by atoms with Crippen molar-refractivity contribution in [2.24, 2.45) is 5.11 Å². The normalized spacial score (nSPS) is 15.7. The molecule has 0 unspecified atom stereocenters. The summed E-state index contributed by atoms with van der Waals surface area (Å²) in [5.74, 6) is -1.01. The van der Waals surface area contributed by atoms with Crippen molar-refractivity contribution in [2.45, 2.75) is 12.6 Å². The third-order valence-electron chi connectivity index (χ3n) is 6.36. The van der Waals surface area contributed by atoms with Crippen molar-refractivity contribution in [3.8, 4) is 17.0 Å². The molecule has 0 spiro atoms. The second-order valence-electron chi connectivity index (χ2n) is 9.28. The first kappa shape index (κ1) is 32.0. The molecule has 2 aliphatic rings. The van der Waals surface area contributed by atoms with Gasteiger partial charge in [0.2, 0.25) is 5.95 Å². The molecule has 0 atom stereocenters. The Morgan fingerprint density at radius 1 is 1.02 bits per heavy atom. The Labute approximate surface area is 244 Å². The lowest BCUT2D eigenvalue weighted by atomic mass is 10.1. The van der Waals surface area contributed by atoms with Crippen LogP contribution in [0.5, 0.6) is 5.75 Å². The summed E-state index contributed by atoms with van der Waals surface area (Å²) >= 11 is 0. The number of pyridine rings is 1. The predicted octanol–water partition coefficient (Wildman–Crippen LogP) is 2.45. The maximum atomic E-state index is 14.2. The minimum Gasteiger partial charge on any atom is -0.420 e. The molecule has 2 aromatic heterocycles. The number of hydrogen-bond acceptors (Lipinski definition) is 13. The number of rotatable bonds is 13. The fraction of sp³-hybridized carbons (Fsp3) is 0.600. The minimum absolute atomic E-state index is 0.0370. The predicted molar refractivity (Wildman–Crippen MR) is 147 cm³/mol. The fourth-order valence-electron chi connectivity index (χ4n) is 4.29. The average Bonchev–Trinajstić information content (AvgIpc) is 3.01. The van der Waals surface area contributed by atoms with Crippen molar-refractivity contribution >= 4 is 23.6 Å². The molecule has 0 radical (unpaired) electrons. The van der Waals surface area contributed by atoms with E-state index in [0.29, 0.717) is 58.7 Å². The lowest BCUT2D eigenvalue weighted by molar-refractivity contribution is -0.137. The number of ether oxygens (including phenoxy) is 5. The summed E-state index contributed by atoms with van der Waals surface area (Å²) in [6.07, 6.45) is -4.05. The molecule has 0 saturated carbocycles. The second kappa shape index (κ2) is 15.5. The number of azide groups is 1. The average molecular weight is 612 g/mol. The number of anilines is 3. The van der Waals surface area contributed by atoms with Crippen LogP contribution in [0.25, 0.3) is 21.7 Å². The molecule has 0 aromatic carbocycles. The SMILES string of the molecule is [N-]=[N+]=NCCOCCOCCC(=O)Oc1c(-c2cnc(N)cc2C(F)(F)F)nc(N2CCOCC2)nc1N1CCOCC1. The van der Waals surface area contributed by atoms with E-state index in [0.717, 1.165) is 6.20 Å². The number of hydrogen-bond donors (Lipinski definition) is 1. The van der Waals surface area contributed by atoms with Gasteiger partial charge in [-0.15, -0.1) is 0 Å². The lowest BCUT2D eigenvalue weighted by Gasteiger charge is -2.32. The van der Waals surface area contributed by atoms with E-state index in [1.54, 1.807) is 9.80 Å². The second-order valence-corrected chi connectivity index (χ2v) is 9.28. The van der Waals surface area contributed by atoms with Crippen LogP contribution < -0.4 is 20.3 Å². The summed E-state index contributed by atoms with van der Waals surface area (Å²) in [6, 6.07) is 0.717. The summed E-state index contributed by atoms with van der Waals surface area (Å²) in [5, 5.41) is 3.35. The zero-order chi connectivity index (χ0) is 30.7. The first-order valence-corrected chi connectivity index (χ1v) is 13.6. The Bertz CT molecular complexity index is 1280. The Kier molecular flexibility index (Phi) is 11.5. The maximum absolute atomic E-state index is 14.2. The molecule has 234 valence electrons. The van der Waals surface area contributed by atoms with E-state index < -0.39 is 23.3 Å². The Morgan fingerprint density at radius 3 is 2.33 bits per heavy atom. The summed E-state index contributed by atoms with van der Waals surface area (Å²) in [5.41, 5.74) is 12.1. The van der Waals surface area contributed by atoms with Crippen LogP contribution in [-0.2, 0) is 29.9 Å². The van der Waals surface area contributed by atoms with Crippen molar-refractivity contribution in [2.75, 3.05) is 101 Å². The van der Waals surface area contributed by atoms with Gasteiger partial charge >= 0.3 is 12.1 Å². The third kappa shape index (κ3) is 9.01. The van der Waals surface area contributed by atoms with Crippen LogP contribution >= 0.6 is 0 Å². The van der Waals surface area contributed by atoms with Crippen LogP contribution in [0.1, 0.15) is 12.0 Å². The number of halogens is 3. The Hall–Kier alpha value is -3.96. The number of nitrogens with two attached hydrogens (primary N) is 1. The topological polar surface area (TPSA) is 183 Å². The quantitative estimate of drug-likeness (QED) is 0.115. The molecular formula is C25H32F3N9O6. The standard InChI is InChI=1S/C25H32F3N9O6/c26-25(27,28)18-15-19(29)31-16-17(18)21-22(43-20(38)1-7-39-13-14-40-8-2-32-35-30)23(36-3-9-41-10-4-36)34-24(33-21)37-5-11-42-12-6-37/h15-16H,1-14H2,(H2,29,31). The lowest BCUT2D eigenvalue weighted by Crippen LogP contribution is -2.40. The molecule has 0 bridgehead atoms. The minimum atomic E-state index is -4.81. The van der Waals surface area contributed by atoms with E-state index in [4.69, 9.17) is 34.9 Å². The highest BCUT2D eigenvalue weighted by molar-refractivity contribution is 5.83. The Balaban J connectivity index is 1.65. The number of morpholine rings is 2. The molecule has 18 heteroatoms. The first-order valence-electron chi connectivity index (χ1n) is 13.6. The van der Waals surface area contributed by atoms with Crippen LogP contribution in [-0.4, -0.2) is 107 Å². The largest absolute Gasteiger partial charge is 0.420 e. The van der Waals surface area contributed by atoms with Gasteiger partial charge in [-0.05, 0) is 11.6 Å². The molecule has 43 heavy (non-hydrogen) atoms. The van der Waals surface area contributed by atoms with Gasteiger partial charge < -0.3 is 39.2 Å². The van der Waals surface area contributed by atoms with Gasteiger partial charge in [0, 0.05) is 49.4 Å². The molecule has 2 saturated heterocycles. The summed E-state index contributed by atoms with van der Waals surface area (Å²) in [6.45, 7) is 3.76. The van der Waals surface area contributed by atoms with E-state index in [1.165, 1.54) is 0 Å². The van der Waals surface area contributed by atoms with Crippen molar-refractivity contribution in [3.05, 3.63) is 28.3 Å². The number of nitrogens with zero attached hydrogens (tertiary/aromatic N) is 8. The smallest absolute Gasteiger partial charge is 0.417 e. The molecule has 4 rings (SSSR count). The van der Waals surface area contributed by atoms with Gasteiger partial charge in [0.1, 0.15) is 11.5 Å². The number of alkyl halides is 3. The number of esters is 1. The molecule has 4 heterocycles. The summed E-state index contributed by atoms with van der Waals surface area (Å²) < 4.78 is 70.0. The van der Waals surface area contributed by atoms with Crippen LogP contribution in [0.4, 0.5) is 30.8 Å². The van der Waals surface area contributed by atoms with Crippen LogP contribution in [0.3, 0.4) is 0 Å². The highest BCUT2D eigenvalue weighted by Gasteiger charge is 2.37. The number of carbonyl (C=O) groups excluding carboxylic acids is 1. The number of aromatic nitrogens is 3. The molecule has 15 nitrogen and oxygen atoms in total. The molecule has 2 aromatic rings. The summed E-state index contributed by atoms with van der Waals surface area (Å²) in [4.78, 5) is 32.2. The molecule has 0 aliphatic carbocycles. The molecule has 2 aliphatic heterocycles. The molecule has 2 fully saturated rings. The Morgan fingerprint density at radius 2 is 1.67 bits per heavy atom. The van der Waals surface area contributed by atoms with Gasteiger partial charge in [-0.25, -0.2) is 9.97 Å². The molecule has 2 N–H and O–H groups in total. The molecular weight excluding hydrogens is 579 g/mol. The van der Waals surface area contributed by atoms with Gasteiger partial charge in [-0.2, -0.15) is 18.2 Å². The third-order valence-corrected chi connectivity index (χ3v) is 6.36. The van der Waals surface area contributed by atoms with E-state index in [9.17, 15) is 18.0 Å². The van der Waals surface area contributed by atoms with Crippen LogP contribution in [0.2, 0.25) is 0 Å². The van der Waals surface area contributed by atoms with E-state index in [2.05, 4.69) is 25.0 Å². The zero-order valence-corrected chi connectivity index (χ0v) is 23.3. The highest BCUT2D eigenvalue weighted by Crippen LogP contribution is 2.44. The van der Waals surface area contributed by atoms with E-state index >= 15 is 0 Å². The fourth-order valence-corrected chi connectivity index (χ4v) is 4.29. The van der Waals surface area contributed by atoms with Crippen molar-refractivity contribution in [3.63, 3.8) is 0 Å². The molecule has 0 amide bonds. The maximum Gasteiger partial charge on any atom is 0.417 e. The van der Waals surface area contributed by atoms with Gasteiger partial charge in [0.25, 0.3) is 0 Å². The van der Waals surface area contributed by atoms with Crippen molar-refractivity contribution < 1.29 is 41.7 Å². The zero-order valence-electron chi connectivity index (χ0n) is 23.3. The number of carbonyl (C=O) groups is 1. The monoisotopic (exact) mass is 611 g/mol. The van der Waals surface area contributed by atoms with Crippen molar-refractivity contribution in [1.82, 2.24) is 15.0 Å². The highest BCUT2D eigenvalue weighted by atomic mass is 19.4. The summed E-state index contributed by atoms with van der Waals surface area (Å²) in [7, 11) is 0. The van der Waals surface area contributed by atoms with E-state index in [1.807, 2.05) is 0 Å². The van der Waals surface area contributed by atoms with Gasteiger partial charge in [0.05, 0.1) is 64.8 Å². The van der Waals surface area contributed by atoms with Crippen LogP contribution in [0, 0.1) is 0 Å². The van der Waals surface area contributed by atoms with Gasteiger partial charge in [-0.3, -0.25) is 4.79 Å². The van der Waals surface area contributed by atoms with Gasteiger partial charge in [0.15, 0.2) is 11.6 Å². The van der Waals surface area contributed by atoms with Crippen LogP contribution in [0.15, 0.2) is 17.4 Å². The van der Waals surface area contributed by atoms with Gasteiger partial charge in [-0.1, -0.05) is 5.11 Å². The first-order chi connectivity index (χ1) is 20.8.